The molecule has 2 saturated carbocycles. The topological polar surface area (TPSA) is 97.4 Å². The monoisotopic (exact) mass is 407 g/mol. The van der Waals surface area contributed by atoms with Crippen molar-refractivity contribution in [2.45, 2.75) is 94.9 Å². The maximum absolute atomic E-state index is 12.4. The smallest absolute Gasteiger partial charge is 0.426 e. The van der Waals surface area contributed by atoms with Crippen LogP contribution in [-0.2, 0) is 9.53 Å². The molecule has 2 aliphatic heterocycles. The van der Waals surface area contributed by atoms with E-state index < -0.39 is 7.12 Å². The zero-order chi connectivity index (χ0) is 20.2. The highest BCUT2D eigenvalue weighted by molar-refractivity contribution is 6.43. The van der Waals surface area contributed by atoms with Crippen LogP contribution in [0.1, 0.15) is 70.6 Å². The van der Waals surface area contributed by atoms with Crippen LogP contribution < -0.4 is 10.6 Å². The van der Waals surface area contributed by atoms with Gasteiger partial charge in [0.15, 0.2) is 0 Å². The maximum Gasteiger partial charge on any atom is 0.469 e. The number of ether oxygens (including phenoxy) is 1. The minimum Gasteiger partial charge on any atom is -0.426 e. The molecule has 8 heteroatoms. The number of hydrogen-bond donors (Lipinski definition) is 4. The number of carbonyl (C=O) groups is 1. The molecular formula is C21H38BN3O4. The molecule has 2 unspecified atom stereocenters. The molecule has 29 heavy (non-hydrogen) atoms. The summed E-state index contributed by atoms with van der Waals surface area (Å²) in [5.41, 5.74) is 0. The molecule has 0 aromatic carbocycles. The van der Waals surface area contributed by atoms with Gasteiger partial charge in [-0.25, -0.2) is 0 Å². The Morgan fingerprint density at radius 2 is 1.72 bits per heavy atom. The Hall–Kier alpha value is -0.665. The van der Waals surface area contributed by atoms with E-state index in [-0.39, 0.29) is 24.2 Å². The Bertz CT molecular complexity index is 538. The molecule has 2 heterocycles. The van der Waals surface area contributed by atoms with Crippen molar-refractivity contribution < 1.29 is 19.6 Å². The lowest BCUT2D eigenvalue weighted by Crippen LogP contribution is -2.45. The van der Waals surface area contributed by atoms with Crippen molar-refractivity contribution in [1.29, 1.82) is 0 Å². The highest BCUT2D eigenvalue weighted by Crippen LogP contribution is 2.33. The highest BCUT2D eigenvalue weighted by Gasteiger charge is 2.49. The first kappa shape index (κ1) is 21.6. The minimum absolute atomic E-state index is 0.0440. The summed E-state index contributed by atoms with van der Waals surface area (Å²) in [5, 5.41) is 25.9. The number of amides is 1. The van der Waals surface area contributed by atoms with E-state index >= 15 is 0 Å². The van der Waals surface area contributed by atoms with Crippen LogP contribution in [0.2, 0.25) is 0 Å². The van der Waals surface area contributed by atoms with Crippen molar-refractivity contribution in [1.82, 2.24) is 15.5 Å². The Kier molecular flexibility index (Phi) is 7.51. The van der Waals surface area contributed by atoms with Crippen molar-refractivity contribution in [3.8, 4) is 0 Å². The summed E-state index contributed by atoms with van der Waals surface area (Å²) in [6, 6.07) is 0.369. The number of hydrogen-bond acceptors (Lipinski definition) is 6. The van der Waals surface area contributed by atoms with Gasteiger partial charge >= 0.3 is 7.12 Å². The Labute approximate surface area is 175 Å². The molecule has 1 amide bonds. The first-order valence-electron chi connectivity index (χ1n) is 11.9. The van der Waals surface area contributed by atoms with Crippen molar-refractivity contribution in [3.05, 3.63) is 0 Å². The van der Waals surface area contributed by atoms with E-state index in [4.69, 9.17) is 4.74 Å². The lowest BCUT2D eigenvalue weighted by molar-refractivity contribution is -0.126. The lowest BCUT2D eigenvalue weighted by Gasteiger charge is -2.31. The van der Waals surface area contributed by atoms with Crippen molar-refractivity contribution in [2.75, 3.05) is 19.6 Å². The molecular weight excluding hydrogens is 369 g/mol. The molecule has 4 rings (SSSR count). The van der Waals surface area contributed by atoms with Gasteiger partial charge in [-0.2, -0.15) is 0 Å². The molecule has 0 aromatic rings. The standard InChI is InChI=1S/C21H38BN3O4/c26-20(16-5-2-1-3-6-16)24-17-10-8-15(9-11-17)13-23-14-18-21(29-18)25-12-4-7-19(25)22(27)28/h15-19,21,23,27-28H,1-14H2,(H,24,26)/t15?,17?,18?,19-,21?/m0/s1. The van der Waals surface area contributed by atoms with Gasteiger partial charge in [-0.05, 0) is 63.8 Å². The van der Waals surface area contributed by atoms with Crippen LogP contribution in [0, 0.1) is 11.8 Å². The van der Waals surface area contributed by atoms with Crippen LogP contribution in [0.5, 0.6) is 0 Å². The van der Waals surface area contributed by atoms with E-state index in [0.29, 0.717) is 17.9 Å². The predicted octanol–water partition coefficient (Wildman–Crippen LogP) is 1.03. The van der Waals surface area contributed by atoms with Gasteiger partial charge in [0.1, 0.15) is 12.3 Å². The molecule has 0 aromatic heterocycles. The maximum atomic E-state index is 12.4. The van der Waals surface area contributed by atoms with Gasteiger partial charge in [0, 0.05) is 31.0 Å². The normalized spacial score (nSPS) is 36.1. The van der Waals surface area contributed by atoms with Gasteiger partial charge in [-0.1, -0.05) is 19.3 Å². The summed E-state index contributed by atoms with van der Waals surface area (Å²) in [6.07, 6.45) is 12.4. The molecule has 0 bridgehead atoms. The zero-order valence-electron chi connectivity index (χ0n) is 17.6. The van der Waals surface area contributed by atoms with Crippen LogP contribution in [-0.4, -0.2) is 71.9 Å². The fourth-order valence-corrected chi connectivity index (χ4v) is 5.65. The molecule has 3 atom stereocenters. The van der Waals surface area contributed by atoms with E-state index in [1.165, 1.54) is 32.1 Å². The van der Waals surface area contributed by atoms with Gasteiger partial charge in [0.25, 0.3) is 0 Å². The Morgan fingerprint density at radius 3 is 2.45 bits per heavy atom. The second kappa shape index (κ2) is 10.1. The van der Waals surface area contributed by atoms with Crippen molar-refractivity contribution >= 4 is 13.0 Å². The highest BCUT2D eigenvalue weighted by atomic mass is 16.6. The average molecular weight is 407 g/mol. The quantitative estimate of drug-likeness (QED) is 0.355. The number of carbonyl (C=O) groups excluding carboxylic acids is 1. The fourth-order valence-electron chi connectivity index (χ4n) is 5.65. The van der Waals surface area contributed by atoms with Gasteiger partial charge < -0.3 is 25.4 Å². The van der Waals surface area contributed by atoms with Crippen LogP contribution in [0.15, 0.2) is 0 Å². The molecule has 4 aliphatic rings. The van der Waals surface area contributed by atoms with Gasteiger partial charge in [0.05, 0.1) is 0 Å². The number of nitrogens with one attached hydrogen (secondary N) is 2. The van der Waals surface area contributed by atoms with Crippen LogP contribution in [0.3, 0.4) is 0 Å². The van der Waals surface area contributed by atoms with Crippen molar-refractivity contribution in [2.24, 2.45) is 11.8 Å². The molecule has 2 saturated heterocycles. The van der Waals surface area contributed by atoms with Gasteiger partial charge in [-0.15, -0.1) is 0 Å². The third-order valence-corrected chi connectivity index (χ3v) is 7.52. The van der Waals surface area contributed by atoms with E-state index in [0.717, 1.165) is 58.2 Å². The Balaban J connectivity index is 1.08. The van der Waals surface area contributed by atoms with Crippen LogP contribution >= 0.6 is 0 Å². The summed E-state index contributed by atoms with van der Waals surface area (Å²) in [7, 11) is -1.27. The summed E-state index contributed by atoms with van der Waals surface area (Å²) >= 11 is 0. The molecule has 0 spiro atoms. The van der Waals surface area contributed by atoms with E-state index in [9.17, 15) is 14.8 Å². The van der Waals surface area contributed by atoms with Crippen molar-refractivity contribution in [3.63, 3.8) is 0 Å². The third-order valence-electron chi connectivity index (χ3n) is 7.52. The SMILES string of the molecule is O=C(NC1CCC(CNCC2OC2N2CCC[C@H]2B(O)O)CC1)C1CCCCC1. The minimum atomic E-state index is -1.27. The number of nitrogens with zero attached hydrogens (tertiary/aromatic N) is 1. The van der Waals surface area contributed by atoms with E-state index in [2.05, 4.69) is 15.5 Å². The second-order valence-corrected chi connectivity index (χ2v) is 9.65. The lowest BCUT2D eigenvalue weighted by atomic mass is 9.78. The van der Waals surface area contributed by atoms with E-state index in [1.807, 2.05) is 0 Å². The van der Waals surface area contributed by atoms with E-state index in [1.54, 1.807) is 0 Å². The predicted molar refractivity (Wildman–Crippen MR) is 112 cm³/mol. The summed E-state index contributed by atoms with van der Waals surface area (Å²) in [4.78, 5) is 14.5. The molecule has 4 fully saturated rings. The summed E-state index contributed by atoms with van der Waals surface area (Å²) in [6.45, 7) is 2.72. The number of likely N-dealkylation sites (tertiary alicyclic amines) is 1. The van der Waals surface area contributed by atoms with Gasteiger partial charge in [-0.3, -0.25) is 9.69 Å². The molecule has 4 N–H and O–H groups in total. The number of rotatable bonds is 8. The van der Waals surface area contributed by atoms with Crippen LogP contribution in [0.4, 0.5) is 0 Å². The fraction of sp³-hybridized carbons (Fsp3) is 0.952. The molecule has 2 aliphatic carbocycles. The molecule has 7 nitrogen and oxygen atoms in total. The largest absolute Gasteiger partial charge is 0.469 e. The average Bonchev–Trinajstić information content (AvgIpc) is 3.32. The second-order valence-electron chi connectivity index (χ2n) is 9.65. The first-order chi connectivity index (χ1) is 14.1. The molecule has 164 valence electrons. The third kappa shape index (κ3) is 5.73. The zero-order valence-corrected chi connectivity index (χ0v) is 17.6. The van der Waals surface area contributed by atoms with Crippen LogP contribution in [0.25, 0.3) is 0 Å². The Morgan fingerprint density at radius 1 is 0.966 bits per heavy atom. The number of epoxide rings is 1. The van der Waals surface area contributed by atoms with Gasteiger partial charge in [0.2, 0.25) is 5.91 Å². The summed E-state index contributed by atoms with van der Waals surface area (Å²) in [5.74, 6) is 1.06. The molecule has 0 radical (unpaired) electrons. The summed E-state index contributed by atoms with van der Waals surface area (Å²) < 4.78 is 5.78. The first-order valence-corrected chi connectivity index (χ1v) is 11.9.